The summed E-state index contributed by atoms with van der Waals surface area (Å²) in [5.74, 6) is 1.24. The van der Waals surface area contributed by atoms with Gasteiger partial charge in [-0.2, -0.15) is 4.58 Å². The van der Waals surface area contributed by atoms with Crippen LogP contribution < -0.4 is 24.0 Å². The van der Waals surface area contributed by atoms with Crippen molar-refractivity contribution in [2.45, 2.75) is 38.3 Å². The predicted octanol–water partition coefficient (Wildman–Crippen LogP) is -1.19. The highest BCUT2D eigenvalue weighted by Crippen LogP contribution is 2.26. The number of ether oxygens (including phenoxy) is 1. The van der Waals surface area contributed by atoms with Crippen LogP contribution in [0.25, 0.3) is 0 Å². The number of rotatable bonds is 2. The van der Waals surface area contributed by atoms with Crippen LogP contribution in [0.3, 0.4) is 0 Å². The van der Waals surface area contributed by atoms with Gasteiger partial charge >= 0.3 is 5.90 Å². The van der Waals surface area contributed by atoms with Crippen LogP contribution in [-0.4, -0.2) is 33.6 Å². The van der Waals surface area contributed by atoms with Gasteiger partial charge in [0.15, 0.2) is 12.1 Å². The van der Waals surface area contributed by atoms with E-state index in [2.05, 4.69) is 34.1 Å². The van der Waals surface area contributed by atoms with E-state index < -0.39 is 0 Å². The summed E-state index contributed by atoms with van der Waals surface area (Å²) in [7, 11) is 0. The monoisotopic (exact) mass is 407 g/mol. The molecule has 2 aliphatic rings. The Labute approximate surface area is 110 Å². The molecule has 76 valence electrons. The lowest BCUT2D eigenvalue weighted by Gasteiger charge is -2.07. The largest absolute Gasteiger partial charge is 1.00 e. The van der Waals surface area contributed by atoms with Gasteiger partial charge in [-0.1, -0.05) is 29.5 Å². The molecule has 4 heteroatoms. The highest BCUT2D eigenvalue weighted by atomic mass is 127. The zero-order valence-electron chi connectivity index (χ0n) is 7.80. The molecule has 0 aromatic carbocycles. The Balaban J connectivity index is 0.000000845. The lowest BCUT2D eigenvalue weighted by atomic mass is 10.1. The Morgan fingerprint density at radius 1 is 1.62 bits per heavy atom. The van der Waals surface area contributed by atoms with Crippen LogP contribution >= 0.6 is 22.6 Å². The summed E-state index contributed by atoms with van der Waals surface area (Å²) in [5.41, 5.74) is 0. The Bertz CT molecular complexity index is 218. The molecule has 1 unspecified atom stereocenters. The van der Waals surface area contributed by atoms with Crippen molar-refractivity contribution in [3.05, 3.63) is 0 Å². The molecule has 0 aromatic heterocycles. The van der Waals surface area contributed by atoms with Crippen LogP contribution in [-0.2, 0) is 4.74 Å². The summed E-state index contributed by atoms with van der Waals surface area (Å²) in [5, 5.41) is 0. The molecule has 2 aliphatic heterocycles. The van der Waals surface area contributed by atoms with Gasteiger partial charge in [0.25, 0.3) is 0 Å². The van der Waals surface area contributed by atoms with Gasteiger partial charge in [0.05, 0.1) is 6.42 Å². The maximum Gasteiger partial charge on any atom is 0.336 e. The lowest BCUT2D eigenvalue weighted by Crippen LogP contribution is -3.00. The first-order chi connectivity index (χ1) is 5.86. The normalized spacial score (nSPS) is 31.2. The van der Waals surface area contributed by atoms with Crippen molar-refractivity contribution < 1.29 is 33.3 Å². The summed E-state index contributed by atoms with van der Waals surface area (Å²) >= 11 is 2.43. The Hall–Kier alpha value is 0.930. The Morgan fingerprint density at radius 2 is 2.38 bits per heavy atom. The first-order valence-electron chi connectivity index (χ1n) is 4.72. The van der Waals surface area contributed by atoms with Crippen LogP contribution in [0.1, 0.15) is 26.2 Å². The van der Waals surface area contributed by atoms with Crippen molar-refractivity contribution >= 4 is 28.5 Å². The average Bonchev–Trinajstić information content (AvgIpc) is 2.63. The second kappa shape index (κ2) is 5.14. The number of alkyl halides is 1. The highest BCUT2D eigenvalue weighted by molar-refractivity contribution is 14.1. The number of halogens is 2. The van der Waals surface area contributed by atoms with E-state index in [0.717, 1.165) is 10.8 Å². The molecule has 2 atom stereocenters. The molecule has 0 radical (unpaired) electrons. The van der Waals surface area contributed by atoms with Gasteiger partial charge in [0, 0.05) is 17.3 Å². The summed E-state index contributed by atoms with van der Waals surface area (Å²) in [6, 6.07) is 0.705. The van der Waals surface area contributed by atoms with Crippen molar-refractivity contribution in [2.24, 2.45) is 0 Å². The highest BCUT2D eigenvalue weighted by Gasteiger charge is 2.45. The first-order valence-corrected chi connectivity index (χ1v) is 6.24. The molecule has 13 heavy (non-hydrogen) atoms. The fourth-order valence-corrected chi connectivity index (χ4v) is 3.00. The van der Waals surface area contributed by atoms with Gasteiger partial charge in [0.1, 0.15) is 6.54 Å². The van der Waals surface area contributed by atoms with Gasteiger partial charge in [-0.05, 0) is 0 Å². The molecule has 0 spiro atoms. The molecule has 1 saturated heterocycles. The van der Waals surface area contributed by atoms with Crippen molar-refractivity contribution in [1.82, 2.24) is 0 Å². The van der Waals surface area contributed by atoms with Crippen molar-refractivity contribution in [2.75, 3.05) is 11.0 Å². The van der Waals surface area contributed by atoms with E-state index in [1.807, 2.05) is 0 Å². The summed E-state index contributed by atoms with van der Waals surface area (Å²) < 4.78 is 9.46. The molecule has 2 heterocycles. The van der Waals surface area contributed by atoms with E-state index in [1.54, 1.807) is 0 Å². The molecule has 2 rings (SSSR count). The Morgan fingerprint density at radius 3 is 3.00 bits per heavy atom. The molecule has 1 fully saturated rings. The minimum Gasteiger partial charge on any atom is -1.00 e. The second-order valence-corrected chi connectivity index (χ2v) is 4.34. The predicted molar refractivity (Wildman–Crippen MR) is 57.2 cm³/mol. The van der Waals surface area contributed by atoms with Crippen molar-refractivity contribution in [3.63, 3.8) is 0 Å². The van der Waals surface area contributed by atoms with Gasteiger partial charge in [0.2, 0.25) is 0 Å². The molecular formula is C9H15I2NO. The zero-order chi connectivity index (χ0) is 8.55. The van der Waals surface area contributed by atoms with E-state index in [-0.39, 0.29) is 24.0 Å². The van der Waals surface area contributed by atoms with Crippen LogP contribution in [0.2, 0.25) is 0 Å². The van der Waals surface area contributed by atoms with E-state index in [4.69, 9.17) is 4.74 Å². The maximum atomic E-state index is 5.86. The first kappa shape index (κ1) is 12.0. The van der Waals surface area contributed by atoms with Gasteiger partial charge in [-0.15, -0.1) is 0 Å². The van der Waals surface area contributed by atoms with Crippen LogP contribution in [0.5, 0.6) is 0 Å². The van der Waals surface area contributed by atoms with E-state index in [0.29, 0.717) is 12.1 Å². The van der Waals surface area contributed by atoms with Crippen molar-refractivity contribution in [1.29, 1.82) is 0 Å². The van der Waals surface area contributed by atoms with Crippen LogP contribution in [0, 0.1) is 0 Å². The zero-order valence-corrected chi connectivity index (χ0v) is 12.1. The summed E-state index contributed by atoms with van der Waals surface area (Å²) in [4.78, 5) is 0. The summed E-state index contributed by atoms with van der Waals surface area (Å²) in [6.45, 7) is 3.40. The SMILES string of the molecule is CCC1=[N+]2CCC[C@H]2C(CI)O1.[I-]. The van der Waals surface area contributed by atoms with Crippen molar-refractivity contribution in [3.8, 4) is 0 Å². The van der Waals surface area contributed by atoms with Gasteiger partial charge in [-0.25, -0.2) is 0 Å². The Kier molecular flexibility index (Phi) is 4.74. The second-order valence-electron chi connectivity index (χ2n) is 3.46. The molecule has 0 aliphatic carbocycles. The fourth-order valence-electron chi connectivity index (χ4n) is 2.23. The third-order valence-electron chi connectivity index (χ3n) is 2.79. The summed E-state index contributed by atoms with van der Waals surface area (Å²) in [6.07, 6.45) is 4.22. The van der Waals surface area contributed by atoms with Crippen LogP contribution in [0.15, 0.2) is 0 Å². The lowest BCUT2D eigenvalue weighted by molar-refractivity contribution is -0.537. The van der Waals surface area contributed by atoms with Crippen LogP contribution in [0.4, 0.5) is 0 Å². The molecule has 0 aromatic rings. The van der Waals surface area contributed by atoms with E-state index >= 15 is 0 Å². The number of hydrogen-bond donors (Lipinski definition) is 0. The minimum absolute atomic E-state index is 0. The number of hydrogen-bond acceptors (Lipinski definition) is 1. The topological polar surface area (TPSA) is 12.2 Å². The fraction of sp³-hybridized carbons (Fsp3) is 0.889. The van der Waals surface area contributed by atoms with E-state index in [9.17, 15) is 0 Å². The van der Waals surface area contributed by atoms with E-state index in [1.165, 1.54) is 25.3 Å². The van der Waals surface area contributed by atoms with Gasteiger partial charge in [-0.3, -0.25) is 0 Å². The molecular weight excluding hydrogens is 392 g/mol. The number of nitrogens with zero attached hydrogens (tertiary/aromatic N) is 1. The average molecular weight is 407 g/mol. The smallest absolute Gasteiger partial charge is 0.336 e. The standard InChI is InChI=1S/C9H15INO.HI/c1-2-9-11-5-3-4-7(11)8(6-10)12-9;/h7-8H,2-6H2,1H3;1H/q+1;/p-1/t7-,8?;/m0./s1. The maximum absolute atomic E-state index is 5.86. The quantitative estimate of drug-likeness (QED) is 0.319. The third-order valence-corrected chi connectivity index (χ3v) is 3.66. The molecule has 0 bridgehead atoms. The molecule has 2 nitrogen and oxygen atoms in total. The molecule has 0 amide bonds. The minimum atomic E-state index is 0. The number of fused-ring (bicyclic) bond motifs is 1. The third kappa shape index (κ3) is 2.13. The molecule has 0 saturated carbocycles. The molecule has 0 N–H and O–H groups in total. The van der Waals surface area contributed by atoms with Gasteiger partial charge < -0.3 is 28.7 Å².